The molecule has 0 unspecified atom stereocenters. The number of rotatable bonds is 5. The standard InChI is InChI=1S/C11H13ClN4O4/c1-3-13-10(17)6-15(2)11(18)7-4-9(12)14-5-8(7)16(19)20/h4-5H,3,6H2,1-2H3,(H,13,17). The third kappa shape index (κ3) is 3.89. The van der Waals surface area contributed by atoms with E-state index in [0.717, 1.165) is 17.2 Å². The topological polar surface area (TPSA) is 105 Å². The Bertz CT molecular complexity index is 549. The second-order valence-corrected chi connectivity index (χ2v) is 4.28. The Labute approximate surface area is 119 Å². The summed E-state index contributed by atoms with van der Waals surface area (Å²) in [6.07, 6.45) is 0.912. The van der Waals surface area contributed by atoms with Crippen molar-refractivity contribution in [3.8, 4) is 0 Å². The third-order valence-electron chi connectivity index (χ3n) is 2.38. The van der Waals surface area contributed by atoms with Gasteiger partial charge in [-0.05, 0) is 13.0 Å². The highest BCUT2D eigenvalue weighted by atomic mass is 35.5. The van der Waals surface area contributed by atoms with Gasteiger partial charge < -0.3 is 10.2 Å². The lowest BCUT2D eigenvalue weighted by molar-refractivity contribution is -0.385. The van der Waals surface area contributed by atoms with Gasteiger partial charge >= 0.3 is 0 Å². The van der Waals surface area contributed by atoms with Gasteiger partial charge in [0.15, 0.2) is 0 Å². The Morgan fingerprint density at radius 1 is 1.55 bits per heavy atom. The van der Waals surface area contributed by atoms with Gasteiger partial charge in [-0.25, -0.2) is 4.98 Å². The van der Waals surface area contributed by atoms with Crippen LogP contribution in [0.1, 0.15) is 17.3 Å². The Hall–Kier alpha value is -2.22. The maximum absolute atomic E-state index is 12.1. The number of hydrogen-bond donors (Lipinski definition) is 1. The van der Waals surface area contributed by atoms with Gasteiger partial charge in [-0.15, -0.1) is 0 Å². The Morgan fingerprint density at radius 3 is 2.75 bits per heavy atom. The summed E-state index contributed by atoms with van der Waals surface area (Å²) >= 11 is 5.64. The maximum Gasteiger partial charge on any atom is 0.300 e. The molecule has 1 aromatic rings. The molecule has 0 spiro atoms. The van der Waals surface area contributed by atoms with E-state index in [1.807, 2.05) is 0 Å². The lowest BCUT2D eigenvalue weighted by Gasteiger charge is -2.16. The van der Waals surface area contributed by atoms with Crippen molar-refractivity contribution in [3.05, 3.63) is 33.1 Å². The van der Waals surface area contributed by atoms with Gasteiger partial charge in [-0.1, -0.05) is 11.6 Å². The minimum atomic E-state index is -0.726. The number of nitrogens with one attached hydrogen (secondary N) is 1. The zero-order valence-corrected chi connectivity index (χ0v) is 11.7. The van der Waals surface area contributed by atoms with Crippen LogP contribution < -0.4 is 5.32 Å². The van der Waals surface area contributed by atoms with Crippen molar-refractivity contribution < 1.29 is 14.5 Å². The first kappa shape index (κ1) is 15.8. The van der Waals surface area contributed by atoms with Gasteiger partial charge in [0.2, 0.25) is 5.91 Å². The Morgan fingerprint density at radius 2 is 2.20 bits per heavy atom. The molecule has 20 heavy (non-hydrogen) atoms. The van der Waals surface area contributed by atoms with Crippen molar-refractivity contribution >= 4 is 29.1 Å². The summed E-state index contributed by atoms with van der Waals surface area (Å²) in [6.45, 7) is 1.97. The van der Waals surface area contributed by atoms with Crippen LogP contribution in [0.3, 0.4) is 0 Å². The highest BCUT2D eigenvalue weighted by Gasteiger charge is 2.24. The first-order valence-corrected chi connectivity index (χ1v) is 6.06. The lowest BCUT2D eigenvalue weighted by Crippen LogP contribution is -2.38. The molecular weight excluding hydrogens is 288 g/mol. The van der Waals surface area contributed by atoms with Crippen LogP contribution in [0.4, 0.5) is 5.69 Å². The molecule has 1 rings (SSSR count). The van der Waals surface area contributed by atoms with Crippen molar-refractivity contribution in [1.82, 2.24) is 15.2 Å². The SMILES string of the molecule is CCNC(=O)CN(C)C(=O)c1cc(Cl)ncc1[N+](=O)[O-]. The summed E-state index contributed by atoms with van der Waals surface area (Å²) in [7, 11) is 1.37. The zero-order chi connectivity index (χ0) is 15.3. The Kier molecular flexibility index (Phi) is 5.39. The molecule has 1 heterocycles. The predicted octanol–water partition coefficient (Wildman–Crippen LogP) is 0.851. The quantitative estimate of drug-likeness (QED) is 0.493. The van der Waals surface area contributed by atoms with Crippen molar-refractivity contribution in [2.24, 2.45) is 0 Å². The summed E-state index contributed by atoms with van der Waals surface area (Å²) in [6, 6.07) is 1.11. The molecule has 0 bridgehead atoms. The van der Waals surface area contributed by atoms with Crippen LogP contribution in [0.2, 0.25) is 5.15 Å². The number of carbonyl (C=O) groups excluding carboxylic acids is 2. The third-order valence-corrected chi connectivity index (χ3v) is 2.58. The fourth-order valence-electron chi connectivity index (χ4n) is 1.49. The number of nitrogens with zero attached hydrogens (tertiary/aromatic N) is 3. The van der Waals surface area contributed by atoms with Crippen molar-refractivity contribution in [2.45, 2.75) is 6.92 Å². The minimum Gasteiger partial charge on any atom is -0.355 e. The molecule has 0 saturated carbocycles. The van der Waals surface area contributed by atoms with E-state index < -0.39 is 16.5 Å². The molecule has 0 atom stereocenters. The number of carbonyl (C=O) groups is 2. The molecule has 9 heteroatoms. The van der Waals surface area contributed by atoms with Crippen LogP contribution >= 0.6 is 11.6 Å². The van der Waals surface area contributed by atoms with Crippen LogP contribution in [0, 0.1) is 10.1 Å². The van der Waals surface area contributed by atoms with Gasteiger partial charge in [-0.2, -0.15) is 0 Å². The van der Waals surface area contributed by atoms with Crippen LogP contribution in [0.15, 0.2) is 12.3 Å². The highest BCUT2D eigenvalue weighted by Crippen LogP contribution is 2.21. The van der Waals surface area contributed by atoms with Crippen LogP contribution in [0.25, 0.3) is 0 Å². The number of pyridine rings is 1. The number of amides is 2. The summed E-state index contributed by atoms with van der Waals surface area (Å²) < 4.78 is 0. The van der Waals surface area contributed by atoms with E-state index >= 15 is 0 Å². The number of halogens is 1. The first-order chi connectivity index (χ1) is 9.36. The molecule has 0 aliphatic rings. The smallest absolute Gasteiger partial charge is 0.300 e. The normalized spacial score (nSPS) is 9.95. The van der Waals surface area contributed by atoms with Crippen LogP contribution in [-0.2, 0) is 4.79 Å². The van der Waals surface area contributed by atoms with E-state index in [0.29, 0.717) is 6.54 Å². The van der Waals surface area contributed by atoms with Crippen LogP contribution in [-0.4, -0.2) is 46.8 Å². The molecule has 0 radical (unpaired) electrons. The van der Waals surface area contributed by atoms with E-state index in [1.165, 1.54) is 7.05 Å². The molecule has 1 N–H and O–H groups in total. The van der Waals surface area contributed by atoms with Crippen LogP contribution in [0.5, 0.6) is 0 Å². The lowest BCUT2D eigenvalue weighted by atomic mass is 10.2. The van der Waals surface area contributed by atoms with E-state index in [1.54, 1.807) is 6.92 Å². The molecule has 1 aromatic heterocycles. The minimum absolute atomic E-state index is 0.0367. The van der Waals surface area contributed by atoms with Gasteiger partial charge in [0, 0.05) is 13.6 Å². The first-order valence-electron chi connectivity index (χ1n) is 5.69. The molecular formula is C11H13ClN4O4. The van der Waals surface area contributed by atoms with Gasteiger partial charge in [0.05, 0.1) is 11.5 Å². The number of likely N-dealkylation sites (N-methyl/N-ethyl adjacent to an activating group) is 2. The van der Waals surface area contributed by atoms with E-state index in [-0.39, 0.29) is 23.2 Å². The van der Waals surface area contributed by atoms with E-state index in [9.17, 15) is 19.7 Å². The monoisotopic (exact) mass is 300 g/mol. The second-order valence-electron chi connectivity index (χ2n) is 3.90. The molecule has 0 aromatic carbocycles. The van der Waals surface area contributed by atoms with Gasteiger partial charge in [0.1, 0.15) is 16.9 Å². The summed E-state index contributed by atoms with van der Waals surface area (Å²) in [5, 5.41) is 13.3. The average molecular weight is 301 g/mol. The summed E-state index contributed by atoms with van der Waals surface area (Å²) in [5.74, 6) is -1.03. The number of hydrogen-bond acceptors (Lipinski definition) is 5. The maximum atomic E-state index is 12.1. The number of nitro groups is 1. The zero-order valence-electron chi connectivity index (χ0n) is 10.9. The molecule has 8 nitrogen and oxygen atoms in total. The Balaban J connectivity index is 2.99. The molecule has 2 amide bonds. The molecule has 0 aliphatic heterocycles. The molecule has 0 fully saturated rings. The van der Waals surface area contributed by atoms with Crippen molar-refractivity contribution in [1.29, 1.82) is 0 Å². The molecule has 108 valence electrons. The number of aromatic nitrogens is 1. The highest BCUT2D eigenvalue weighted by molar-refractivity contribution is 6.29. The largest absolute Gasteiger partial charge is 0.355 e. The van der Waals surface area contributed by atoms with E-state index in [2.05, 4.69) is 10.3 Å². The fourth-order valence-corrected chi connectivity index (χ4v) is 1.64. The fraction of sp³-hybridized carbons (Fsp3) is 0.364. The predicted molar refractivity (Wildman–Crippen MR) is 71.5 cm³/mol. The second kappa shape index (κ2) is 6.80. The van der Waals surface area contributed by atoms with E-state index in [4.69, 9.17) is 11.6 Å². The molecule has 0 aliphatic carbocycles. The van der Waals surface area contributed by atoms with Crippen molar-refractivity contribution in [2.75, 3.05) is 20.1 Å². The average Bonchev–Trinajstić information content (AvgIpc) is 2.37. The molecule has 0 saturated heterocycles. The van der Waals surface area contributed by atoms with Crippen molar-refractivity contribution in [3.63, 3.8) is 0 Å². The summed E-state index contributed by atoms with van der Waals surface area (Å²) in [4.78, 5) is 38.3. The van der Waals surface area contributed by atoms with Gasteiger partial charge in [-0.3, -0.25) is 19.7 Å². The summed E-state index contributed by atoms with van der Waals surface area (Å²) in [5.41, 5.74) is -0.663. The van der Waals surface area contributed by atoms with Gasteiger partial charge in [0.25, 0.3) is 11.6 Å².